The molecule has 1 heterocycles. The van der Waals surface area contributed by atoms with E-state index in [1.54, 1.807) is 0 Å². The maximum atomic E-state index is 13.7. The quantitative estimate of drug-likeness (QED) is 0.922. The Morgan fingerprint density at radius 2 is 2.05 bits per heavy atom. The molecule has 1 amide bonds. The largest absolute Gasteiger partial charge is 0.324 e. The van der Waals surface area contributed by atoms with Gasteiger partial charge in [-0.15, -0.1) is 0 Å². The molecular weight excluding hydrogens is 267 g/mol. The molecule has 3 nitrogen and oxygen atoms in total. The van der Waals surface area contributed by atoms with Gasteiger partial charge in [-0.2, -0.15) is 0 Å². The Hall–Kier alpha value is -1.42. The van der Waals surface area contributed by atoms with Crippen molar-refractivity contribution in [3.63, 3.8) is 0 Å². The van der Waals surface area contributed by atoms with Crippen molar-refractivity contribution in [3.8, 4) is 0 Å². The van der Waals surface area contributed by atoms with Gasteiger partial charge in [-0.25, -0.2) is 4.39 Å². The van der Waals surface area contributed by atoms with Gasteiger partial charge in [0.05, 0.1) is 6.04 Å². The Morgan fingerprint density at radius 1 is 1.38 bits per heavy atom. The van der Waals surface area contributed by atoms with Crippen LogP contribution in [0, 0.1) is 13.8 Å². The van der Waals surface area contributed by atoms with Crippen molar-refractivity contribution in [3.05, 3.63) is 29.3 Å². The zero-order chi connectivity index (χ0) is 15.4. The van der Waals surface area contributed by atoms with Gasteiger partial charge in [-0.3, -0.25) is 9.69 Å². The number of nitrogens with zero attached hydrogens (tertiary/aromatic N) is 1. The van der Waals surface area contributed by atoms with E-state index in [9.17, 15) is 9.18 Å². The molecule has 0 saturated carbocycles. The molecule has 1 saturated heterocycles. The van der Waals surface area contributed by atoms with Crippen molar-refractivity contribution < 1.29 is 9.18 Å². The van der Waals surface area contributed by atoms with Gasteiger partial charge in [0.25, 0.3) is 0 Å². The summed E-state index contributed by atoms with van der Waals surface area (Å²) in [6, 6.07) is 5.58. The highest BCUT2D eigenvalue weighted by molar-refractivity contribution is 5.96. The molecule has 0 aromatic heterocycles. The monoisotopic (exact) mass is 292 g/mol. The van der Waals surface area contributed by atoms with Crippen molar-refractivity contribution in [1.29, 1.82) is 0 Å². The van der Waals surface area contributed by atoms with Crippen LogP contribution < -0.4 is 5.32 Å². The molecule has 0 radical (unpaired) electrons. The average Bonchev–Trinajstić information content (AvgIpc) is 2.45. The first-order valence-electron chi connectivity index (χ1n) is 7.78. The Labute approximate surface area is 126 Å². The molecule has 1 aliphatic heterocycles. The number of halogens is 1. The van der Waals surface area contributed by atoms with Crippen LogP contribution in [-0.2, 0) is 4.79 Å². The average molecular weight is 292 g/mol. The minimum absolute atomic E-state index is 0.0804. The Kier molecular flexibility index (Phi) is 5.34. The molecule has 1 aromatic carbocycles. The van der Waals surface area contributed by atoms with Gasteiger partial charge in [-0.1, -0.05) is 25.1 Å². The van der Waals surface area contributed by atoms with Gasteiger partial charge in [0, 0.05) is 18.7 Å². The third kappa shape index (κ3) is 3.82. The van der Waals surface area contributed by atoms with E-state index in [2.05, 4.69) is 17.1 Å². The predicted molar refractivity (Wildman–Crippen MR) is 84.3 cm³/mol. The van der Waals surface area contributed by atoms with E-state index < -0.39 is 6.17 Å². The summed E-state index contributed by atoms with van der Waals surface area (Å²) in [5.41, 5.74) is 2.94. The number of alkyl halides is 1. The number of carbonyl (C=O) groups excluding carboxylic acids is 1. The summed E-state index contributed by atoms with van der Waals surface area (Å²) < 4.78 is 13.7. The van der Waals surface area contributed by atoms with Gasteiger partial charge in [0.15, 0.2) is 0 Å². The maximum absolute atomic E-state index is 13.7. The molecule has 2 atom stereocenters. The van der Waals surface area contributed by atoms with E-state index in [-0.39, 0.29) is 11.9 Å². The highest BCUT2D eigenvalue weighted by Gasteiger charge is 2.33. The summed E-state index contributed by atoms with van der Waals surface area (Å²) in [4.78, 5) is 14.7. The fourth-order valence-electron chi connectivity index (χ4n) is 3.02. The molecular formula is C17H25FN2O. The number of amides is 1. The third-order valence-electron chi connectivity index (χ3n) is 4.19. The minimum Gasteiger partial charge on any atom is -0.324 e. The molecule has 21 heavy (non-hydrogen) atoms. The SMILES string of the molecule is CCCN1CC[C@H](F)C[C@H]1C(=O)Nc1c(C)cccc1C. The number of nitrogens with one attached hydrogen (secondary N) is 1. The molecule has 0 spiro atoms. The van der Waals surface area contributed by atoms with Crippen LogP contribution in [0.3, 0.4) is 0 Å². The summed E-state index contributed by atoms with van der Waals surface area (Å²) in [6.45, 7) is 7.55. The van der Waals surface area contributed by atoms with Gasteiger partial charge in [0.2, 0.25) is 5.91 Å². The summed E-state index contributed by atoms with van der Waals surface area (Å²) in [5.74, 6) is -0.0804. The predicted octanol–water partition coefficient (Wildman–Crippen LogP) is 3.45. The van der Waals surface area contributed by atoms with Crippen LogP contribution in [0.2, 0.25) is 0 Å². The van der Waals surface area contributed by atoms with Gasteiger partial charge in [-0.05, 0) is 44.4 Å². The molecule has 2 rings (SSSR count). The number of para-hydroxylation sites is 1. The molecule has 0 aliphatic carbocycles. The van der Waals surface area contributed by atoms with Gasteiger partial charge >= 0.3 is 0 Å². The van der Waals surface area contributed by atoms with Crippen LogP contribution in [0.15, 0.2) is 18.2 Å². The number of benzene rings is 1. The lowest BCUT2D eigenvalue weighted by molar-refractivity contribution is -0.123. The Bertz CT molecular complexity index is 483. The van der Waals surface area contributed by atoms with Crippen molar-refractivity contribution in [1.82, 2.24) is 4.90 Å². The van der Waals surface area contributed by atoms with Crippen LogP contribution in [0.4, 0.5) is 10.1 Å². The van der Waals surface area contributed by atoms with E-state index in [1.807, 2.05) is 32.0 Å². The topological polar surface area (TPSA) is 32.3 Å². The third-order valence-corrected chi connectivity index (χ3v) is 4.19. The van der Waals surface area contributed by atoms with E-state index in [0.717, 1.165) is 29.8 Å². The smallest absolute Gasteiger partial charge is 0.241 e. The fraction of sp³-hybridized carbons (Fsp3) is 0.588. The highest BCUT2D eigenvalue weighted by atomic mass is 19.1. The number of piperidine rings is 1. The van der Waals surface area contributed by atoms with Crippen LogP contribution in [-0.4, -0.2) is 36.1 Å². The molecule has 116 valence electrons. The number of anilines is 1. The van der Waals surface area contributed by atoms with E-state index in [0.29, 0.717) is 19.4 Å². The van der Waals surface area contributed by atoms with E-state index >= 15 is 0 Å². The Balaban J connectivity index is 2.13. The second-order valence-electron chi connectivity index (χ2n) is 5.93. The molecule has 1 fully saturated rings. The normalized spacial score (nSPS) is 23.0. The number of hydrogen-bond acceptors (Lipinski definition) is 2. The lowest BCUT2D eigenvalue weighted by Gasteiger charge is -2.36. The molecule has 4 heteroatoms. The highest BCUT2D eigenvalue weighted by Crippen LogP contribution is 2.24. The number of carbonyl (C=O) groups is 1. The van der Waals surface area contributed by atoms with Crippen LogP contribution >= 0.6 is 0 Å². The molecule has 0 bridgehead atoms. The number of rotatable bonds is 4. The summed E-state index contributed by atoms with van der Waals surface area (Å²) in [5, 5.41) is 3.01. The minimum atomic E-state index is -0.869. The van der Waals surface area contributed by atoms with Crippen molar-refractivity contribution >= 4 is 11.6 Å². The van der Waals surface area contributed by atoms with E-state index in [4.69, 9.17) is 0 Å². The fourth-order valence-corrected chi connectivity index (χ4v) is 3.02. The Morgan fingerprint density at radius 3 is 2.67 bits per heavy atom. The van der Waals surface area contributed by atoms with Crippen molar-refractivity contribution in [2.45, 2.75) is 52.2 Å². The molecule has 1 aromatic rings. The zero-order valence-electron chi connectivity index (χ0n) is 13.2. The molecule has 0 unspecified atom stereocenters. The second-order valence-corrected chi connectivity index (χ2v) is 5.93. The first-order chi connectivity index (χ1) is 10.0. The number of aryl methyl sites for hydroxylation is 2. The zero-order valence-corrected chi connectivity index (χ0v) is 13.2. The lowest BCUT2D eigenvalue weighted by atomic mass is 9.99. The summed E-state index contributed by atoms with van der Waals surface area (Å²) in [6.07, 6.45) is 0.945. The van der Waals surface area contributed by atoms with Crippen LogP contribution in [0.5, 0.6) is 0 Å². The first kappa shape index (κ1) is 16.0. The second kappa shape index (κ2) is 7.03. The summed E-state index contributed by atoms with van der Waals surface area (Å²) >= 11 is 0. The number of likely N-dealkylation sites (tertiary alicyclic amines) is 1. The first-order valence-corrected chi connectivity index (χ1v) is 7.78. The standard InChI is InChI=1S/C17H25FN2O/c1-4-9-20-10-8-14(18)11-15(20)17(21)19-16-12(2)6-5-7-13(16)3/h5-7,14-15H,4,8-11H2,1-3H3,(H,19,21)/t14-,15-/m0/s1. The van der Waals surface area contributed by atoms with Crippen LogP contribution in [0.1, 0.15) is 37.3 Å². The number of hydrogen-bond donors (Lipinski definition) is 1. The summed E-state index contributed by atoms with van der Waals surface area (Å²) in [7, 11) is 0. The maximum Gasteiger partial charge on any atom is 0.241 e. The van der Waals surface area contributed by atoms with Crippen LogP contribution in [0.25, 0.3) is 0 Å². The van der Waals surface area contributed by atoms with Gasteiger partial charge < -0.3 is 5.32 Å². The van der Waals surface area contributed by atoms with Crippen molar-refractivity contribution in [2.75, 3.05) is 18.4 Å². The molecule has 1 N–H and O–H groups in total. The van der Waals surface area contributed by atoms with Crippen molar-refractivity contribution in [2.24, 2.45) is 0 Å². The van der Waals surface area contributed by atoms with E-state index in [1.165, 1.54) is 0 Å². The molecule has 1 aliphatic rings. The van der Waals surface area contributed by atoms with Gasteiger partial charge in [0.1, 0.15) is 6.17 Å². The lowest BCUT2D eigenvalue weighted by Crippen LogP contribution is -2.50.